The van der Waals surface area contributed by atoms with E-state index in [9.17, 15) is 19.5 Å². The number of Topliss-reactive ketones (excluding diaryl/α,β-unsaturated/α-hetero) is 2. The van der Waals surface area contributed by atoms with Gasteiger partial charge in [0.15, 0.2) is 11.6 Å². The van der Waals surface area contributed by atoms with E-state index < -0.39 is 36.2 Å². The molecule has 1 aliphatic rings. The lowest BCUT2D eigenvalue weighted by Crippen LogP contribution is -2.58. The van der Waals surface area contributed by atoms with Gasteiger partial charge >= 0.3 is 0 Å². The van der Waals surface area contributed by atoms with Crippen LogP contribution in [-0.4, -0.2) is 99.5 Å². The van der Waals surface area contributed by atoms with E-state index in [1.807, 2.05) is 19.0 Å². The molecule has 3 aromatic rings. The van der Waals surface area contributed by atoms with Crippen LogP contribution in [0.25, 0.3) is 0 Å². The minimum absolute atomic E-state index is 0.0644. The zero-order chi connectivity index (χ0) is 33.4. The standard InChI is InChI=1S/C36H44FN3O6/c1-23-28(14-8-15-31(23)37)33-29(34(42)24-10-6-12-26(18-24)45-4)20-40(32(22-41)36(44)38-16-9-17-39(2)3)21-30(33)35(43)25-11-7-13-27(19-25)46-5/h6-8,10-15,18-19,29-30,32-33,41H,9,16-17,20-22H2,1-5H3,(H,38,44). The summed E-state index contributed by atoms with van der Waals surface area (Å²) in [5.74, 6) is -2.85. The molecule has 3 aromatic carbocycles. The van der Waals surface area contributed by atoms with Gasteiger partial charge in [0.05, 0.1) is 20.8 Å². The maximum absolute atomic E-state index is 15.1. The summed E-state index contributed by atoms with van der Waals surface area (Å²) in [6.45, 7) is 2.45. The highest BCUT2D eigenvalue weighted by molar-refractivity contribution is 6.02. The van der Waals surface area contributed by atoms with Crippen LogP contribution >= 0.6 is 0 Å². The minimum atomic E-state index is -1.00. The van der Waals surface area contributed by atoms with Gasteiger partial charge in [0.25, 0.3) is 0 Å². The van der Waals surface area contributed by atoms with E-state index in [1.165, 1.54) is 20.3 Å². The highest BCUT2D eigenvalue weighted by Gasteiger charge is 2.47. The van der Waals surface area contributed by atoms with Gasteiger partial charge in [-0.25, -0.2) is 4.39 Å². The third-order valence-corrected chi connectivity index (χ3v) is 8.78. The smallest absolute Gasteiger partial charge is 0.239 e. The van der Waals surface area contributed by atoms with Crippen molar-refractivity contribution in [3.63, 3.8) is 0 Å². The van der Waals surface area contributed by atoms with E-state index in [0.717, 1.165) is 6.54 Å². The summed E-state index contributed by atoms with van der Waals surface area (Å²) < 4.78 is 25.9. The van der Waals surface area contributed by atoms with Gasteiger partial charge in [0, 0.05) is 48.5 Å². The molecule has 0 radical (unpaired) electrons. The fourth-order valence-electron chi connectivity index (χ4n) is 6.32. The van der Waals surface area contributed by atoms with Gasteiger partial charge in [-0.3, -0.25) is 19.3 Å². The topological polar surface area (TPSA) is 108 Å². The van der Waals surface area contributed by atoms with Crippen LogP contribution in [0.15, 0.2) is 66.7 Å². The molecule has 246 valence electrons. The normalized spacial score (nSPS) is 19.0. The zero-order valence-corrected chi connectivity index (χ0v) is 27.2. The number of ether oxygens (including phenoxy) is 2. The number of carbonyl (C=O) groups excluding carboxylic acids is 3. The Morgan fingerprint density at radius 3 is 1.98 bits per heavy atom. The van der Waals surface area contributed by atoms with Gasteiger partial charge in [-0.05, 0) is 75.4 Å². The van der Waals surface area contributed by atoms with Crippen LogP contribution in [0.3, 0.4) is 0 Å². The predicted octanol–water partition coefficient (Wildman–Crippen LogP) is 3.98. The van der Waals surface area contributed by atoms with E-state index in [1.54, 1.807) is 72.5 Å². The van der Waals surface area contributed by atoms with Crippen LogP contribution < -0.4 is 14.8 Å². The van der Waals surface area contributed by atoms with Crippen molar-refractivity contribution in [1.29, 1.82) is 0 Å². The number of nitrogens with zero attached hydrogens (tertiary/aromatic N) is 2. The van der Waals surface area contributed by atoms with Gasteiger partial charge in [0.1, 0.15) is 23.4 Å². The summed E-state index contributed by atoms with van der Waals surface area (Å²) >= 11 is 0. The molecule has 0 spiro atoms. The molecule has 1 aliphatic heterocycles. The van der Waals surface area contributed by atoms with Gasteiger partial charge in [-0.1, -0.05) is 36.4 Å². The van der Waals surface area contributed by atoms with Crippen LogP contribution in [0, 0.1) is 24.6 Å². The molecule has 0 aliphatic carbocycles. The van der Waals surface area contributed by atoms with Crippen LogP contribution in [0.4, 0.5) is 4.39 Å². The largest absolute Gasteiger partial charge is 0.497 e. The van der Waals surface area contributed by atoms with Crippen LogP contribution in [0.1, 0.15) is 44.2 Å². The van der Waals surface area contributed by atoms with Crippen molar-refractivity contribution in [1.82, 2.24) is 15.1 Å². The van der Waals surface area contributed by atoms with Gasteiger partial charge in [-0.2, -0.15) is 0 Å². The number of likely N-dealkylation sites (tertiary alicyclic amines) is 1. The number of methoxy groups -OCH3 is 2. The Balaban J connectivity index is 1.83. The number of aliphatic hydroxyl groups is 1. The molecule has 1 saturated heterocycles. The van der Waals surface area contributed by atoms with Crippen molar-refractivity contribution in [2.24, 2.45) is 11.8 Å². The highest BCUT2D eigenvalue weighted by atomic mass is 19.1. The minimum Gasteiger partial charge on any atom is -0.497 e. The Labute approximate surface area is 270 Å². The number of hydrogen-bond acceptors (Lipinski definition) is 8. The van der Waals surface area contributed by atoms with Crippen molar-refractivity contribution in [2.45, 2.75) is 25.3 Å². The maximum Gasteiger partial charge on any atom is 0.239 e. The first-order chi connectivity index (χ1) is 22.1. The second-order valence-corrected chi connectivity index (χ2v) is 12.0. The van der Waals surface area contributed by atoms with E-state index in [0.29, 0.717) is 46.7 Å². The van der Waals surface area contributed by atoms with Gasteiger partial charge < -0.3 is 24.8 Å². The molecule has 2 N–H and O–H groups in total. The van der Waals surface area contributed by atoms with E-state index >= 15 is 4.39 Å². The first-order valence-electron chi connectivity index (χ1n) is 15.5. The molecular formula is C36H44FN3O6. The average molecular weight is 634 g/mol. The Kier molecular flexibility index (Phi) is 12.0. The first-order valence-corrected chi connectivity index (χ1v) is 15.5. The third kappa shape index (κ3) is 7.99. The molecule has 46 heavy (non-hydrogen) atoms. The molecular weight excluding hydrogens is 589 g/mol. The number of aliphatic hydroxyl groups excluding tert-OH is 1. The molecule has 3 unspecified atom stereocenters. The number of nitrogens with one attached hydrogen (secondary N) is 1. The SMILES string of the molecule is COc1cccc(C(=O)C2CN(C(CO)C(=O)NCCCN(C)C)CC(C(=O)c3cccc(OC)c3)C2c2cccc(F)c2C)c1. The highest BCUT2D eigenvalue weighted by Crippen LogP contribution is 2.43. The number of rotatable bonds is 14. The zero-order valence-electron chi connectivity index (χ0n) is 27.2. The van der Waals surface area contributed by atoms with E-state index in [-0.39, 0.29) is 30.6 Å². The lowest BCUT2D eigenvalue weighted by atomic mass is 9.67. The summed E-state index contributed by atoms with van der Waals surface area (Å²) in [5, 5.41) is 13.4. The van der Waals surface area contributed by atoms with Crippen molar-refractivity contribution in [2.75, 3.05) is 61.1 Å². The van der Waals surface area contributed by atoms with Crippen LogP contribution in [0.5, 0.6) is 11.5 Å². The monoisotopic (exact) mass is 633 g/mol. The quantitative estimate of drug-likeness (QED) is 0.203. The van der Waals surface area contributed by atoms with Crippen molar-refractivity contribution in [3.05, 3.63) is 94.8 Å². The fraction of sp³-hybridized carbons (Fsp3) is 0.417. The Hall–Kier alpha value is -4.12. The molecule has 1 heterocycles. The lowest BCUT2D eigenvalue weighted by molar-refractivity contribution is -0.129. The number of carbonyl (C=O) groups is 3. The molecule has 0 aromatic heterocycles. The fourth-order valence-corrected chi connectivity index (χ4v) is 6.32. The van der Waals surface area contributed by atoms with Gasteiger partial charge in [-0.15, -0.1) is 0 Å². The average Bonchev–Trinajstić information content (AvgIpc) is 3.07. The molecule has 0 bridgehead atoms. The third-order valence-electron chi connectivity index (χ3n) is 8.78. The number of ketones is 2. The molecule has 4 rings (SSSR count). The number of hydrogen-bond donors (Lipinski definition) is 2. The number of piperidine rings is 1. The molecule has 0 saturated carbocycles. The molecule has 10 heteroatoms. The second-order valence-electron chi connectivity index (χ2n) is 12.0. The van der Waals surface area contributed by atoms with Crippen molar-refractivity contribution in [3.8, 4) is 11.5 Å². The first kappa shape index (κ1) is 34.7. The van der Waals surface area contributed by atoms with Crippen LogP contribution in [-0.2, 0) is 4.79 Å². The summed E-state index contributed by atoms with van der Waals surface area (Å²) in [6.07, 6.45) is 0.714. The number of benzene rings is 3. The Morgan fingerprint density at radius 2 is 1.48 bits per heavy atom. The Morgan fingerprint density at radius 1 is 0.935 bits per heavy atom. The molecule has 1 amide bonds. The summed E-state index contributed by atoms with van der Waals surface area (Å²) in [5.41, 5.74) is 1.64. The summed E-state index contributed by atoms with van der Waals surface area (Å²) in [6, 6.07) is 17.2. The van der Waals surface area contributed by atoms with Crippen LogP contribution in [0.2, 0.25) is 0 Å². The Bertz CT molecular complexity index is 1460. The second kappa shape index (κ2) is 15.9. The summed E-state index contributed by atoms with van der Waals surface area (Å²) in [4.78, 5) is 46.1. The van der Waals surface area contributed by atoms with E-state index in [2.05, 4.69) is 5.32 Å². The molecule has 9 nitrogen and oxygen atoms in total. The van der Waals surface area contributed by atoms with Gasteiger partial charge in [0.2, 0.25) is 5.91 Å². The van der Waals surface area contributed by atoms with E-state index in [4.69, 9.17) is 9.47 Å². The number of amides is 1. The molecule has 1 fully saturated rings. The van der Waals surface area contributed by atoms with Crippen molar-refractivity contribution >= 4 is 17.5 Å². The lowest BCUT2D eigenvalue weighted by Gasteiger charge is -2.45. The predicted molar refractivity (Wildman–Crippen MR) is 174 cm³/mol. The summed E-state index contributed by atoms with van der Waals surface area (Å²) in [7, 11) is 6.91. The molecule has 3 atom stereocenters. The maximum atomic E-state index is 15.1. The number of halogens is 1. The van der Waals surface area contributed by atoms with Crippen molar-refractivity contribution < 1.29 is 33.4 Å².